The van der Waals surface area contributed by atoms with Gasteiger partial charge in [-0.3, -0.25) is 14.8 Å². The molecular weight excluding hydrogens is 341 g/mol. The summed E-state index contributed by atoms with van der Waals surface area (Å²) >= 11 is 0. The molecular formula is C18H24FN3O4. The highest BCUT2D eigenvalue weighted by Gasteiger charge is 2.46. The molecule has 1 aromatic carbocycles. The van der Waals surface area contributed by atoms with Gasteiger partial charge in [0.25, 0.3) is 11.8 Å². The van der Waals surface area contributed by atoms with Gasteiger partial charge in [-0.05, 0) is 42.9 Å². The van der Waals surface area contributed by atoms with Crippen LogP contribution in [-0.2, 0) is 16.0 Å². The molecule has 1 aliphatic heterocycles. The number of nitrogens with zero attached hydrogens (tertiary/aromatic N) is 1. The molecule has 3 N–H and O–H groups in total. The van der Waals surface area contributed by atoms with Crippen molar-refractivity contribution in [2.75, 3.05) is 0 Å². The van der Waals surface area contributed by atoms with E-state index in [1.54, 1.807) is 26.0 Å². The number of rotatable bonds is 7. The van der Waals surface area contributed by atoms with Gasteiger partial charge in [0.2, 0.25) is 0 Å². The number of nitrogens with one attached hydrogen (secondary N) is 2. The monoisotopic (exact) mass is 365 g/mol. The van der Waals surface area contributed by atoms with Gasteiger partial charge in [0.05, 0.1) is 0 Å². The highest BCUT2D eigenvalue weighted by molar-refractivity contribution is 6.07. The van der Waals surface area contributed by atoms with Crippen molar-refractivity contribution in [2.24, 2.45) is 5.92 Å². The topological polar surface area (TPSA) is 98.7 Å². The molecule has 7 nitrogen and oxygen atoms in total. The van der Waals surface area contributed by atoms with Gasteiger partial charge in [-0.1, -0.05) is 32.4 Å². The van der Waals surface area contributed by atoms with Crippen molar-refractivity contribution in [1.29, 1.82) is 0 Å². The Balaban J connectivity index is 2.13. The van der Waals surface area contributed by atoms with Crippen LogP contribution in [0.5, 0.6) is 0 Å². The fraction of sp³-hybridized carbons (Fsp3) is 0.500. The van der Waals surface area contributed by atoms with Crippen LogP contribution >= 0.6 is 0 Å². The molecule has 1 saturated heterocycles. The molecule has 0 radical (unpaired) electrons. The number of hydrogen-bond acceptors (Lipinski definition) is 4. The maximum Gasteiger partial charge on any atom is 0.325 e. The molecule has 142 valence electrons. The van der Waals surface area contributed by atoms with Gasteiger partial charge in [-0.15, -0.1) is 0 Å². The second-order valence-corrected chi connectivity index (χ2v) is 6.65. The SMILES string of the molecule is CCC(C)C(C(=O)NO)N1C(=O)NC(CCc2ccc(C)cc2F)C1=O. The van der Waals surface area contributed by atoms with Crippen LogP contribution in [-0.4, -0.2) is 40.0 Å². The summed E-state index contributed by atoms with van der Waals surface area (Å²) < 4.78 is 13.9. The predicted octanol–water partition coefficient (Wildman–Crippen LogP) is 1.91. The molecule has 26 heavy (non-hydrogen) atoms. The average Bonchev–Trinajstić information content (AvgIpc) is 2.88. The highest BCUT2D eigenvalue weighted by Crippen LogP contribution is 2.22. The van der Waals surface area contributed by atoms with Crippen molar-refractivity contribution < 1.29 is 24.0 Å². The normalized spacial score (nSPS) is 19.3. The second kappa shape index (κ2) is 8.27. The Labute approximate surface area is 151 Å². The van der Waals surface area contributed by atoms with E-state index in [1.807, 2.05) is 6.92 Å². The van der Waals surface area contributed by atoms with Crippen molar-refractivity contribution in [3.63, 3.8) is 0 Å². The van der Waals surface area contributed by atoms with E-state index in [4.69, 9.17) is 5.21 Å². The smallest absolute Gasteiger partial charge is 0.325 e. The number of hydrogen-bond donors (Lipinski definition) is 3. The highest BCUT2D eigenvalue weighted by atomic mass is 19.1. The molecule has 1 fully saturated rings. The summed E-state index contributed by atoms with van der Waals surface area (Å²) in [6.45, 7) is 5.32. The Morgan fingerprint density at radius 2 is 2.12 bits per heavy atom. The molecule has 2 rings (SSSR count). The second-order valence-electron chi connectivity index (χ2n) is 6.65. The number of hydroxylamine groups is 1. The summed E-state index contributed by atoms with van der Waals surface area (Å²) in [5.74, 6) is -2.04. The first-order valence-electron chi connectivity index (χ1n) is 8.62. The number of halogens is 1. The van der Waals surface area contributed by atoms with Crippen molar-refractivity contribution >= 4 is 17.8 Å². The van der Waals surface area contributed by atoms with E-state index in [-0.39, 0.29) is 24.6 Å². The van der Waals surface area contributed by atoms with Gasteiger partial charge >= 0.3 is 6.03 Å². The van der Waals surface area contributed by atoms with E-state index in [0.29, 0.717) is 12.0 Å². The molecule has 0 aromatic heterocycles. The Morgan fingerprint density at radius 3 is 2.69 bits per heavy atom. The van der Waals surface area contributed by atoms with Crippen LogP contribution in [0.15, 0.2) is 18.2 Å². The van der Waals surface area contributed by atoms with E-state index in [9.17, 15) is 18.8 Å². The summed E-state index contributed by atoms with van der Waals surface area (Å²) in [6.07, 6.45) is 1.03. The molecule has 4 amide bonds. The molecule has 0 saturated carbocycles. The molecule has 0 bridgehead atoms. The fourth-order valence-corrected chi connectivity index (χ4v) is 3.08. The fourth-order valence-electron chi connectivity index (χ4n) is 3.08. The van der Waals surface area contributed by atoms with Crippen LogP contribution in [0.1, 0.15) is 37.8 Å². The number of benzene rings is 1. The van der Waals surface area contributed by atoms with E-state index < -0.39 is 29.9 Å². The van der Waals surface area contributed by atoms with Crippen molar-refractivity contribution in [3.05, 3.63) is 35.1 Å². The van der Waals surface area contributed by atoms with E-state index >= 15 is 0 Å². The number of urea groups is 1. The molecule has 0 spiro atoms. The summed E-state index contributed by atoms with van der Waals surface area (Å²) in [4.78, 5) is 37.7. The van der Waals surface area contributed by atoms with Gasteiger partial charge in [-0.25, -0.2) is 19.6 Å². The van der Waals surface area contributed by atoms with Crippen LogP contribution in [0.25, 0.3) is 0 Å². The molecule has 1 heterocycles. The lowest BCUT2D eigenvalue weighted by atomic mass is 9.96. The minimum absolute atomic E-state index is 0.217. The molecule has 8 heteroatoms. The first-order chi connectivity index (χ1) is 12.3. The standard InChI is InChI=1S/C18H24FN3O4/c1-4-11(3)15(16(23)21-26)22-17(24)14(20-18(22)25)8-7-12-6-5-10(2)9-13(12)19/h5-6,9,11,14-15,26H,4,7-8H2,1-3H3,(H,20,25)(H,21,23). The number of amides is 4. The number of carbonyl (C=O) groups excluding carboxylic acids is 3. The quantitative estimate of drug-likeness (QED) is 0.390. The van der Waals surface area contributed by atoms with Gasteiger partial charge in [0.1, 0.15) is 17.9 Å². The number of carbonyl (C=O) groups is 3. The molecule has 1 aromatic rings. The zero-order valence-corrected chi connectivity index (χ0v) is 15.1. The Kier molecular flexibility index (Phi) is 6.31. The zero-order valence-electron chi connectivity index (χ0n) is 15.1. The summed E-state index contributed by atoms with van der Waals surface area (Å²) in [7, 11) is 0. The van der Waals surface area contributed by atoms with Gasteiger partial charge in [0.15, 0.2) is 0 Å². The van der Waals surface area contributed by atoms with Crippen LogP contribution in [0.3, 0.4) is 0 Å². The predicted molar refractivity (Wildman–Crippen MR) is 91.8 cm³/mol. The van der Waals surface area contributed by atoms with Crippen LogP contribution in [0, 0.1) is 18.7 Å². The molecule has 0 aliphatic carbocycles. The minimum Gasteiger partial charge on any atom is -0.326 e. The summed E-state index contributed by atoms with van der Waals surface area (Å²) in [6, 6.07) is 2.24. The Bertz CT molecular complexity index is 710. The molecule has 3 unspecified atom stereocenters. The van der Waals surface area contributed by atoms with E-state index in [2.05, 4.69) is 5.32 Å². The zero-order chi connectivity index (χ0) is 19.4. The summed E-state index contributed by atoms with van der Waals surface area (Å²) in [5.41, 5.74) is 2.78. The maximum atomic E-state index is 13.9. The third kappa shape index (κ3) is 4.01. The van der Waals surface area contributed by atoms with Crippen molar-refractivity contribution in [2.45, 2.75) is 52.1 Å². The third-order valence-corrected chi connectivity index (χ3v) is 4.80. The lowest BCUT2D eigenvalue weighted by Gasteiger charge is -2.28. The first-order valence-corrected chi connectivity index (χ1v) is 8.62. The van der Waals surface area contributed by atoms with Crippen LogP contribution in [0.4, 0.5) is 9.18 Å². The Morgan fingerprint density at radius 1 is 1.42 bits per heavy atom. The number of imide groups is 1. The van der Waals surface area contributed by atoms with Crippen LogP contribution in [0.2, 0.25) is 0 Å². The lowest BCUT2D eigenvalue weighted by Crippen LogP contribution is -2.52. The van der Waals surface area contributed by atoms with Gasteiger partial charge < -0.3 is 5.32 Å². The third-order valence-electron chi connectivity index (χ3n) is 4.80. The van der Waals surface area contributed by atoms with Gasteiger partial charge in [-0.2, -0.15) is 0 Å². The summed E-state index contributed by atoms with van der Waals surface area (Å²) in [5, 5.41) is 11.5. The molecule has 1 aliphatic rings. The maximum absolute atomic E-state index is 13.9. The average molecular weight is 365 g/mol. The first kappa shape index (κ1) is 19.8. The van der Waals surface area contributed by atoms with Crippen molar-refractivity contribution in [3.8, 4) is 0 Å². The van der Waals surface area contributed by atoms with Gasteiger partial charge in [0, 0.05) is 0 Å². The van der Waals surface area contributed by atoms with E-state index in [0.717, 1.165) is 10.5 Å². The minimum atomic E-state index is -1.10. The van der Waals surface area contributed by atoms with Crippen molar-refractivity contribution in [1.82, 2.24) is 15.7 Å². The molecule has 3 atom stereocenters. The Hall–Kier alpha value is -2.48. The largest absolute Gasteiger partial charge is 0.326 e. The van der Waals surface area contributed by atoms with Crippen LogP contribution < -0.4 is 10.8 Å². The number of aryl methyl sites for hydroxylation is 2. The lowest BCUT2D eigenvalue weighted by molar-refractivity contribution is -0.142. The van der Waals surface area contributed by atoms with E-state index in [1.165, 1.54) is 11.5 Å².